The lowest BCUT2D eigenvalue weighted by Crippen LogP contribution is -2.41. The minimum absolute atomic E-state index is 0.118. The zero-order valence-electron chi connectivity index (χ0n) is 34.6. The molecular formula is C46H48N8O6S. The molecule has 4 heterocycles. The summed E-state index contributed by atoms with van der Waals surface area (Å²) in [5.74, 6) is 9.09. The van der Waals surface area contributed by atoms with Crippen LogP contribution in [-0.4, -0.2) is 103 Å². The Morgan fingerprint density at radius 1 is 0.639 bits per heavy atom. The molecule has 314 valence electrons. The number of fused-ring (bicyclic) bond motifs is 2. The van der Waals surface area contributed by atoms with Crippen molar-refractivity contribution in [2.45, 2.75) is 37.9 Å². The molecule has 0 atom stereocenters. The third-order valence-corrected chi connectivity index (χ3v) is 11.9. The molecule has 2 N–H and O–H groups in total. The lowest BCUT2D eigenvalue weighted by molar-refractivity contribution is 0.111. The lowest BCUT2D eigenvalue weighted by Gasteiger charge is -2.30. The molecule has 2 aliphatic heterocycles. The molecule has 0 unspecified atom stereocenters. The van der Waals surface area contributed by atoms with E-state index in [2.05, 4.69) is 54.4 Å². The molecule has 2 aliphatic rings. The minimum atomic E-state index is -3.19. The van der Waals surface area contributed by atoms with Crippen LogP contribution in [0.5, 0.6) is 23.0 Å². The molecule has 0 bridgehead atoms. The Labute approximate surface area is 356 Å². The number of aromatic nitrogens is 4. The molecule has 15 heteroatoms. The minimum Gasteiger partial charge on any atom is -0.493 e. The summed E-state index contributed by atoms with van der Waals surface area (Å²) in [6.07, 6.45) is 18.5. The van der Waals surface area contributed by atoms with E-state index in [1.54, 1.807) is 20.3 Å². The van der Waals surface area contributed by atoms with E-state index in [1.165, 1.54) is 23.2 Å². The molecule has 6 aromatic rings. The van der Waals surface area contributed by atoms with Crippen LogP contribution in [0.25, 0.3) is 21.8 Å². The highest BCUT2D eigenvalue weighted by atomic mass is 32.2. The quantitative estimate of drug-likeness (QED) is 0.129. The van der Waals surface area contributed by atoms with Gasteiger partial charge in [-0.25, -0.2) is 32.7 Å². The van der Waals surface area contributed by atoms with Gasteiger partial charge in [-0.3, -0.25) is 0 Å². The number of ether oxygens (including phenoxy) is 4. The number of hydrogen-bond donors (Lipinski definition) is 2. The van der Waals surface area contributed by atoms with E-state index in [1.807, 2.05) is 66.7 Å². The highest BCUT2D eigenvalue weighted by Crippen LogP contribution is 2.38. The molecule has 14 nitrogen and oxygen atoms in total. The number of benzene rings is 4. The second-order valence-electron chi connectivity index (χ2n) is 14.8. The Bertz CT molecular complexity index is 2700. The van der Waals surface area contributed by atoms with E-state index < -0.39 is 10.0 Å². The SMILES string of the molecule is C#Cc1cccc(Nc2ncnc3cc(OC)c(OC4CCN(C)CC4)cc23)c1.C#Cc1cccc(Nc2ncnc3cc(OC)c(OC4CCN(S(C)(=O)=O)CC4)cc23)c1. The number of sulfonamides is 1. The van der Waals surface area contributed by atoms with Crippen LogP contribution in [0.4, 0.5) is 23.0 Å². The van der Waals surface area contributed by atoms with Crippen LogP contribution in [0.2, 0.25) is 0 Å². The van der Waals surface area contributed by atoms with Gasteiger partial charge < -0.3 is 34.5 Å². The van der Waals surface area contributed by atoms with Crippen LogP contribution < -0.4 is 29.6 Å². The van der Waals surface area contributed by atoms with Crippen molar-refractivity contribution in [3.8, 4) is 47.7 Å². The van der Waals surface area contributed by atoms with Crippen LogP contribution in [-0.2, 0) is 10.0 Å². The summed E-state index contributed by atoms with van der Waals surface area (Å²) in [5.41, 5.74) is 4.73. The van der Waals surface area contributed by atoms with Crippen molar-refractivity contribution in [2.24, 2.45) is 0 Å². The van der Waals surface area contributed by atoms with Crippen molar-refractivity contribution in [1.82, 2.24) is 29.1 Å². The number of terminal acetylenes is 2. The molecule has 8 rings (SSSR count). The summed E-state index contributed by atoms with van der Waals surface area (Å²) in [6, 6.07) is 22.7. The molecule has 0 saturated carbocycles. The second kappa shape index (κ2) is 19.2. The molecule has 0 spiro atoms. The number of anilines is 4. The van der Waals surface area contributed by atoms with Gasteiger partial charge in [0, 0.05) is 71.6 Å². The zero-order valence-corrected chi connectivity index (χ0v) is 35.4. The summed E-state index contributed by atoms with van der Waals surface area (Å²) in [6.45, 7) is 2.92. The van der Waals surface area contributed by atoms with Crippen molar-refractivity contribution in [3.63, 3.8) is 0 Å². The number of methoxy groups -OCH3 is 2. The van der Waals surface area contributed by atoms with Crippen molar-refractivity contribution in [3.05, 3.63) is 96.6 Å². The van der Waals surface area contributed by atoms with Gasteiger partial charge in [-0.05, 0) is 81.3 Å². The number of hydrogen-bond acceptors (Lipinski definition) is 13. The Hall–Kier alpha value is -6.65. The van der Waals surface area contributed by atoms with Crippen molar-refractivity contribution in [1.29, 1.82) is 0 Å². The average molecular weight is 841 g/mol. The topological polar surface area (TPSA) is 153 Å². The predicted molar refractivity (Wildman–Crippen MR) is 239 cm³/mol. The van der Waals surface area contributed by atoms with E-state index in [-0.39, 0.29) is 12.2 Å². The molecule has 0 amide bonds. The maximum Gasteiger partial charge on any atom is 0.211 e. The smallest absolute Gasteiger partial charge is 0.211 e. The van der Waals surface area contributed by atoms with E-state index in [0.717, 1.165) is 64.7 Å². The fourth-order valence-corrected chi connectivity index (χ4v) is 8.10. The number of piperidine rings is 2. The monoisotopic (exact) mass is 840 g/mol. The number of rotatable bonds is 11. The van der Waals surface area contributed by atoms with Crippen LogP contribution in [0.15, 0.2) is 85.5 Å². The summed E-state index contributed by atoms with van der Waals surface area (Å²) < 4.78 is 48.6. The fourth-order valence-electron chi connectivity index (χ4n) is 7.22. The molecule has 2 saturated heterocycles. The van der Waals surface area contributed by atoms with Gasteiger partial charge in [0.15, 0.2) is 23.0 Å². The van der Waals surface area contributed by atoms with Crippen LogP contribution >= 0.6 is 0 Å². The standard InChI is InChI=1S/C23H24N4O4S.C23H24N4O2/c1-4-16-6-5-7-17(12-16)26-23-19-13-22(21(30-2)14-20(19)24-15-25-23)31-18-8-10-27(11-9-18)32(3,28)29;1-4-16-6-5-7-17(12-16)26-23-19-13-22(29-18-8-10-27(2)11-9-18)21(28-3)14-20(19)24-15-25-23/h1,5-7,12-15,18H,8-11H2,2-3H3,(H,24,25,26);1,5-7,12-15,18H,8-11H2,2-3H3,(H,24,25,26). The molecule has 61 heavy (non-hydrogen) atoms. The van der Waals surface area contributed by atoms with Crippen molar-refractivity contribution < 1.29 is 27.4 Å². The van der Waals surface area contributed by atoms with Crippen LogP contribution in [0, 0.1) is 24.7 Å². The summed E-state index contributed by atoms with van der Waals surface area (Å²) in [4.78, 5) is 19.9. The third kappa shape index (κ3) is 10.6. The van der Waals surface area contributed by atoms with Gasteiger partial charge in [0.25, 0.3) is 0 Å². The molecule has 2 aromatic heterocycles. The fraction of sp³-hybridized carbons (Fsp3) is 0.304. The zero-order chi connectivity index (χ0) is 42.9. The van der Waals surface area contributed by atoms with E-state index in [9.17, 15) is 8.42 Å². The Morgan fingerprint density at radius 2 is 1.08 bits per heavy atom. The summed E-state index contributed by atoms with van der Waals surface area (Å²) in [7, 11) is 2.17. The molecule has 4 aromatic carbocycles. The highest BCUT2D eigenvalue weighted by Gasteiger charge is 2.27. The number of likely N-dealkylation sites (tertiary alicyclic amines) is 1. The first-order valence-electron chi connectivity index (χ1n) is 19.8. The summed E-state index contributed by atoms with van der Waals surface area (Å²) >= 11 is 0. The summed E-state index contributed by atoms with van der Waals surface area (Å²) in [5, 5.41) is 8.27. The second-order valence-corrected chi connectivity index (χ2v) is 16.8. The predicted octanol–water partition coefficient (Wildman–Crippen LogP) is 7.00. The first-order valence-corrected chi connectivity index (χ1v) is 21.7. The third-order valence-electron chi connectivity index (χ3n) is 10.5. The van der Waals surface area contributed by atoms with Crippen molar-refractivity contribution in [2.75, 3.05) is 64.3 Å². The van der Waals surface area contributed by atoms with Crippen LogP contribution in [0.3, 0.4) is 0 Å². The number of nitrogens with one attached hydrogen (secondary N) is 2. The first kappa shape index (κ1) is 42.5. The van der Waals surface area contributed by atoms with Gasteiger partial charge in [0.05, 0.1) is 31.5 Å². The molecular weight excluding hydrogens is 793 g/mol. The molecule has 0 radical (unpaired) electrons. The van der Waals surface area contributed by atoms with E-state index in [4.69, 9.17) is 31.8 Å². The van der Waals surface area contributed by atoms with Gasteiger partial charge in [-0.1, -0.05) is 24.0 Å². The maximum atomic E-state index is 11.8. The number of nitrogens with zero attached hydrogens (tertiary/aromatic N) is 6. The van der Waals surface area contributed by atoms with Gasteiger partial charge in [-0.15, -0.1) is 12.8 Å². The van der Waals surface area contributed by atoms with Crippen molar-refractivity contribution >= 4 is 54.8 Å². The normalized spacial score (nSPS) is 15.2. The van der Waals surface area contributed by atoms with E-state index >= 15 is 0 Å². The van der Waals surface area contributed by atoms with Crippen LogP contribution in [0.1, 0.15) is 36.8 Å². The largest absolute Gasteiger partial charge is 0.493 e. The van der Waals surface area contributed by atoms with Gasteiger partial charge in [-0.2, -0.15) is 0 Å². The Balaban J connectivity index is 0.000000185. The Morgan fingerprint density at radius 3 is 1.49 bits per heavy atom. The lowest BCUT2D eigenvalue weighted by atomic mass is 10.1. The van der Waals surface area contributed by atoms with Gasteiger partial charge >= 0.3 is 0 Å². The molecule has 2 fully saturated rings. The highest BCUT2D eigenvalue weighted by molar-refractivity contribution is 7.88. The molecule has 0 aliphatic carbocycles. The van der Waals surface area contributed by atoms with Gasteiger partial charge in [0.2, 0.25) is 10.0 Å². The Kier molecular flexibility index (Phi) is 13.3. The maximum absolute atomic E-state index is 11.8. The average Bonchev–Trinajstić information content (AvgIpc) is 3.27. The van der Waals surface area contributed by atoms with E-state index in [0.29, 0.717) is 66.1 Å². The van der Waals surface area contributed by atoms with Gasteiger partial charge in [0.1, 0.15) is 36.5 Å². The first-order chi connectivity index (χ1) is 29.5.